The maximum absolute atomic E-state index is 12.7. The number of benzene rings is 1. The van der Waals surface area contributed by atoms with E-state index in [2.05, 4.69) is 31.3 Å². The van der Waals surface area contributed by atoms with E-state index in [1.165, 1.54) is 0 Å². The SMILES string of the molecule is CCc1cccc(CC)c1NC(=O)N1CCN(C(=O)[C@H]2CCCO2)CC1. The van der Waals surface area contributed by atoms with Crippen LogP contribution < -0.4 is 5.32 Å². The van der Waals surface area contributed by atoms with Crippen LogP contribution in [0.5, 0.6) is 0 Å². The summed E-state index contributed by atoms with van der Waals surface area (Å²) in [5.41, 5.74) is 3.26. The number of amides is 3. The molecule has 3 rings (SSSR count). The van der Waals surface area contributed by atoms with Crippen molar-refractivity contribution in [2.45, 2.75) is 45.6 Å². The van der Waals surface area contributed by atoms with E-state index in [4.69, 9.17) is 4.74 Å². The highest BCUT2D eigenvalue weighted by Crippen LogP contribution is 2.23. The maximum Gasteiger partial charge on any atom is 0.321 e. The number of nitrogens with one attached hydrogen (secondary N) is 1. The number of piperazine rings is 1. The van der Waals surface area contributed by atoms with Crippen molar-refractivity contribution in [1.82, 2.24) is 9.80 Å². The summed E-state index contributed by atoms with van der Waals surface area (Å²) in [5, 5.41) is 3.11. The molecule has 0 bridgehead atoms. The van der Waals surface area contributed by atoms with E-state index in [0.717, 1.165) is 42.5 Å². The van der Waals surface area contributed by atoms with Crippen molar-refractivity contribution in [2.24, 2.45) is 0 Å². The summed E-state index contributed by atoms with van der Waals surface area (Å²) in [6, 6.07) is 6.09. The highest BCUT2D eigenvalue weighted by atomic mass is 16.5. The number of ether oxygens (including phenoxy) is 1. The van der Waals surface area contributed by atoms with Crippen LogP contribution in [0, 0.1) is 0 Å². The van der Waals surface area contributed by atoms with Gasteiger partial charge in [0.05, 0.1) is 0 Å². The van der Waals surface area contributed by atoms with E-state index in [-0.39, 0.29) is 18.0 Å². The average molecular weight is 359 g/mol. The van der Waals surface area contributed by atoms with Crippen molar-refractivity contribution in [1.29, 1.82) is 0 Å². The smallest absolute Gasteiger partial charge is 0.321 e. The van der Waals surface area contributed by atoms with Crippen LogP contribution in [0.15, 0.2) is 18.2 Å². The Morgan fingerprint density at radius 3 is 2.23 bits per heavy atom. The highest BCUT2D eigenvalue weighted by Gasteiger charge is 2.31. The molecule has 2 aliphatic heterocycles. The van der Waals surface area contributed by atoms with Crippen LogP contribution >= 0.6 is 0 Å². The third kappa shape index (κ3) is 4.01. The van der Waals surface area contributed by atoms with Crippen molar-refractivity contribution in [3.8, 4) is 0 Å². The van der Waals surface area contributed by atoms with E-state index in [1.807, 2.05) is 11.0 Å². The quantitative estimate of drug-likeness (QED) is 0.899. The molecule has 1 aromatic carbocycles. The van der Waals surface area contributed by atoms with Gasteiger partial charge in [-0.25, -0.2) is 4.79 Å². The molecule has 2 fully saturated rings. The predicted octanol–water partition coefficient (Wildman–Crippen LogP) is 2.67. The largest absolute Gasteiger partial charge is 0.368 e. The minimum atomic E-state index is -0.279. The first kappa shape index (κ1) is 18.7. The Hall–Kier alpha value is -2.08. The van der Waals surface area contributed by atoms with Gasteiger partial charge in [0.25, 0.3) is 5.91 Å². The number of anilines is 1. The Bertz CT molecular complexity index is 625. The fourth-order valence-electron chi connectivity index (χ4n) is 3.70. The Balaban J connectivity index is 1.58. The summed E-state index contributed by atoms with van der Waals surface area (Å²) in [4.78, 5) is 28.8. The van der Waals surface area contributed by atoms with Gasteiger partial charge in [0, 0.05) is 38.5 Å². The molecule has 0 saturated carbocycles. The van der Waals surface area contributed by atoms with Gasteiger partial charge < -0.3 is 19.9 Å². The Labute approximate surface area is 155 Å². The van der Waals surface area contributed by atoms with Crippen molar-refractivity contribution in [3.05, 3.63) is 29.3 Å². The third-order valence-corrected chi connectivity index (χ3v) is 5.31. The van der Waals surface area contributed by atoms with Crippen LogP contribution in [-0.2, 0) is 22.4 Å². The molecule has 0 aromatic heterocycles. The molecule has 0 radical (unpaired) electrons. The van der Waals surface area contributed by atoms with Gasteiger partial charge in [-0.1, -0.05) is 32.0 Å². The Kier molecular flexibility index (Phi) is 6.14. The number of rotatable bonds is 4. The fraction of sp³-hybridized carbons (Fsp3) is 0.600. The Morgan fingerprint density at radius 2 is 1.69 bits per heavy atom. The van der Waals surface area contributed by atoms with E-state index >= 15 is 0 Å². The van der Waals surface area contributed by atoms with Gasteiger partial charge in [-0.05, 0) is 36.8 Å². The molecule has 26 heavy (non-hydrogen) atoms. The minimum Gasteiger partial charge on any atom is -0.368 e. The number of aryl methyl sites for hydroxylation is 2. The predicted molar refractivity (Wildman–Crippen MR) is 101 cm³/mol. The normalized spacial score (nSPS) is 20.3. The molecule has 1 N–H and O–H groups in total. The van der Waals surface area contributed by atoms with Gasteiger partial charge in [-0.15, -0.1) is 0 Å². The van der Waals surface area contributed by atoms with Gasteiger partial charge in [-0.2, -0.15) is 0 Å². The van der Waals surface area contributed by atoms with E-state index < -0.39 is 0 Å². The van der Waals surface area contributed by atoms with Crippen molar-refractivity contribution in [3.63, 3.8) is 0 Å². The summed E-state index contributed by atoms with van der Waals surface area (Å²) in [6.07, 6.45) is 3.25. The first-order chi connectivity index (χ1) is 12.6. The zero-order valence-electron chi connectivity index (χ0n) is 15.8. The van der Waals surface area contributed by atoms with Crippen LogP contribution in [0.2, 0.25) is 0 Å². The number of carbonyl (C=O) groups excluding carboxylic acids is 2. The first-order valence-electron chi connectivity index (χ1n) is 9.71. The maximum atomic E-state index is 12.7. The number of hydrogen-bond donors (Lipinski definition) is 1. The molecule has 3 amide bonds. The van der Waals surface area contributed by atoms with Gasteiger partial charge in [0.1, 0.15) is 6.10 Å². The van der Waals surface area contributed by atoms with Crippen molar-refractivity contribution >= 4 is 17.6 Å². The average Bonchev–Trinajstić information content (AvgIpc) is 3.22. The third-order valence-electron chi connectivity index (χ3n) is 5.31. The van der Waals surface area contributed by atoms with Gasteiger partial charge >= 0.3 is 6.03 Å². The summed E-state index contributed by atoms with van der Waals surface area (Å²) in [5.74, 6) is 0.0761. The molecule has 2 saturated heterocycles. The minimum absolute atomic E-state index is 0.0761. The molecule has 2 aliphatic rings. The molecular formula is C20H29N3O3. The molecule has 0 unspecified atom stereocenters. The summed E-state index contributed by atoms with van der Waals surface area (Å²) >= 11 is 0. The number of nitrogens with zero attached hydrogens (tertiary/aromatic N) is 2. The van der Waals surface area contributed by atoms with Crippen LogP contribution in [0.25, 0.3) is 0 Å². The highest BCUT2D eigenvalue weighted by molar-refractivity contribution is 5.91. The van der Waals surface area contributed by atoms with Crippen LogP contribution in [-0.4, -0.2) is 60.6 Å². The molecule has 0 aliphatic carbocycles. The zero-order valence-corrected chi connectivity index (χ0v) is 15.8. The standard InChI is InChI=1S/C20H29N3O3/c1-3-15-7-5-8-16(4-2)18(15)21-20(25)23-12-10-22(11-13-23)19(24)17-9-6-14-26-17/h5,7-8,17H,3-4,6,9-14H2,1-2H3,(H,21,25)/t17-/m1/s1. The molecule has 1 aromatic rings. The molecule has 6 nitrogen and oxygen atoms in total. The van der Waals surface area contributed by atoms with Crippen LogP contribution in [0.3, 0.4) is 0 Å². The molecule has 142 valence electrons. The van der Waals surface area contributed by atoms with Crippen molar-refractivity contribution < 1.29 is 14.3 Å². The summed E-state index contributed by atoms with van der Waals surface area (Å²) in [6.45, 7) is 7.12. The lowest BCUT2D eigenvalue weighted by molar-refractivity contribution is -0.142. The molecule has 0 spiro atoms. The number of para-hydroxylation sites is 1. The second kappa shape index (κ2) is 8.54. The molecule has 2 heterocycles. The van der Waals surface area contributed by atoms with Crippen LogP contribution in [0.1, 0.15) is 37.8 Å². The van der Waals surface area contributed by atoms with E-state index in [9.17, 15) is 9.59 Å². The van der Waals surface area contributed by atoms with Gasteiger partial charge in [-0.3, -0.25) is 4.79 Å². The molecular weight excluding hydrogens is 330 g/mol. The second-order valence-corrected chi connectivity index (χ2v) is 6.90. The second-order valence-electron chi connectivity index (χ2n) is 6.90. The van der Waals surface area contributed by atoms with Gasteiger partial charge in [0.2, 0.25) is 0 Å². The summed E-state index contributed by atoms with van der Waals surface area (Å²) in [7, 11) is 0. The lowest BCUT2D eigenvalue weighted by Gasteiger charge is -2.36. The summed E-state index contributed by atoms with van der Waals surface area (Å²) < 4.78 is 5.49. The van der Waals surface area contributed by atoms with Crippen LogP contribution in [0.4, 0.5) is 10.5 Å². The van der Waals surface area contributed by atoms with Crippen molar-refractivity contribution in [2.75, 3.05) is 38.1 Å². The number of urea groups is 1. The number of hydrogen-bond acceptors (Lipinski definition) is 3. The van der Waals surface area contributed by atoms with Gasteiger partial charge in [0.15, 0.2) is 0 Å². The first-order valence-corrected chi connectivity index (χ1v) is 9.71. The topological polar surface area (TPSA) is 61.9 Å². The van der Waals surface area contributed by atoms with E-state index in [0.29, 0.717) is 32.8 Å². The molecule has 6 heteroatoms. The lowest BCUT2D eigenvalue weighted by atomic mass is 10.0. The monoisotopic (exact) mass is 359 g/mol. The molecule has 1 atom stereocenters. The van der Waals surface area contributed by atoms with E-state index in [1.54, 1.807) is 4.90 Å². The zero-order chi connectivity index (χ0) is 18.5. The fourth-order valence-corrected chi connectivity index (χ4v) is 3.70. The number of carbonyl (C=O) groups is 2. The lowest BCUT2D eigenvalue weighted by Crippen LogP contribution is -2.53. The Morgan fingerprint density at radius 1 is 1.08 bits per heavy atom.